The van der Waals surface area contributed by atoms with Gasteiger partial charge in [-0.15, -0.1) is 0 Å². The summed E-state index contributed by atoms with van der Waals surface area (Å²) < 4.78 is 27.8. The van der Waals surface area contributed by atoms with Crippen molar-refractivity contribution in [3.63, 3.8) is 0 Å². The Hall–Kier alpha value is -1.41. The third kappa shape index (κ3) is 4.28. The van der Waals surface area contributed by atoms with E-state index in [1.54, 1.807) is 48.5 Å². The van der Waals surface area contributed by atoms with Crippen LogP contribution in [0, 0.1) is 5.92 Å². The standard InChI is InChI=1S/C18H18BrClN2O3S/c19-14-8-9-17(16(20)11-14)21-18(23)13-5-4-10-22(12-13)26(24,25)15-6-2-1-3-7-15/h1-3,6-9,11,13H,4-5,10,12H2,(H,21,23). The molecule has 0 spiro atoms. The van der Waals surface area contributed by atoms with Crippen LogP contribution in [0.5, 0.6) is 0 Å². The first-order chi connectivity index (χ1) is 12.4. The van der Waals surface area contributed by atoms with Crippen molar-refractivity contribution in [2.24, 2.45) is 5.92 Å². The molecular formula is C18H18BrClN2O3S. The van der Waals surface area contributed by atoms with Crippen LogP contribution in [0.15, 0.2) is 57.9 Å². The molecule has 1 unspecified atom stereocenters. The molecule has 1 fully saturated rings. The second-order valence-electron chi connectivity index (χ2n) is 6.13. The van der Waals surface area contributed by atoms with Crippen molar-refractivity contribution in [1.29, 1.82) is 0 Å². The molecule has 8 heteroatoms. The normalized spacial score (nSPS) is 18.5. The first kappa shape index (κ1) is 19.4. The number of carbonyl (C=O) groups excluding carboxylic acids is 1. The molecule has 0 bridgehead atoms. The predicted octanol–water partition coefficient (Wildman–Crippen LogP) is 4.14. The van der Waals surface area contributed by atoms with Crippen molar-refractivity contribution in [1.82, 2.24) is 4.31 Å². The van der Waals surface area contributed by atoms with E-state index in [0.29, 0.717) is 30.1 Å². The lowest BCUT2D eigenvalue weighted by molar-refractivity contribution is -0.120. The van der Waals surface area contributed by atoms with Gasteiger partial charge in [0.2, 0.25) is 15.9 Å². The van der Waals surface area contributed by atoms with Crippen LogP contribution in [0.1, 0.15) is 12.8 Å². The first-order valence-corrected chi connectivity index (χ1v) is 10.8. The molecule has 2 aromatic carbocycles. The van der Waals surface area contributed by atoms with E-state index >= 15 is 0 Å². The maximum Gasteiger partial charge on any atom is 0.243 e. The van der Waals surface area contributed by atoms with Crippen LogP contribution in [0.2, 0.25) is 5.02 Å². The summed E-state index contributed by atoms with van der Waals surface area (Å²) >= 11 is 9.46. The molecule has 0 aliphatic carbocycles. The van der Waals surface area contributed by atoms with Crippen LogP contribution in [0.3, 0.4) is 0 Å². The van der Waals surface area contributed by atoms with Crippen LogP contribution in [0.4, 0.5) is 5.69 Å². The second kappa shape index (κ2) is 8.08. The van der Waals surface area contributed by atoms with Gasteiger partial charge in [-0.05, 0) is 43.2 Å². The lowest BCUT2D eigenvalue weighted by atomic mass is 9.99. The number of nitrogens with zero attached hydrogens (tertiary/aromatic N) is 1. The monoisotopic (exact) mass is 456 g/mol. The van der Waals surface area contributed by atoms with E-state index in [9.17, 15) is 13.2 Å². The molecule has 138 valence electrons. The van der Waals surface area contributed by atoms with Gasteiger partial charge in [0.05, 0.1) is 21.5 Å². The van der Waals surface area contributed by atoms with Crippen molar-refractivity contribution in [3.8, 4) is 0 Å². The molecular weight excluding hydrogens is 440 g/mol. The van der Waals surface area contributed by atoms with Gasteiger partial charge in [-0.2, -0.15) is 4.31 Å². The third-order valence-corrected chi connectivity index (χ3v) is 7.01. The highest BCUT2D eigenvalue weighted by Gasteiger charge is 2.33. The SMILES string of the molecule is O=C(Nc1ccc(Br)cc1Cl)C1CCCN(S(=O)(=O)c2ccccc2)C1. The lowest BCUT2D eigenvalue weighted by Gasteiger charge is -2.31. The number of hydrogen-bond acceptors (Lipinski definition) is 3. The van der Waals surface area contributed by atoms with E-state index in [2.05, 4.69) is 21.2 Å². The molecule has 1 heterocycles. The van der Waals surface area contributed by atoms with Crippen LogP contribution < -0.4 is 5.32 Å². The number of nitrogens with one attached hydrogen (secondary N) is 1. The van der Waals surface area contributed by atoms with Crippen molar-refractivity contribution < 1.29 is 13.2 Å². The molecule has 0 aromatic heterocycles. The summed E-state index contributed by atoms with van der Waals surface area (Å²) in [6.07, 6.45) is 1.28. The van der Waals surface area contributed by atoms with Crippen molar-refractivity contribution in [3.05, 3.63) is 58.0 Å². The van der Waals surface area contributed by atoms with E-state index in [-0.39, 0.29) is 17.3 Å². The first-order valence-electron chi connectivity index (χ1n) is 8.19. The Bertz CT molecular complexity index is 906. The van der Waals surface area contributed by atoms with Gasteiger partial charge < -0.3 is 5.32 Å². The van der Waals surface area contributed by atoms with Gasteiger partial charge in [-0.3, -0.25) is 4.79 Å². The zero-order valence-corrected chi connectivity index (χ0v) is 17.0. The number of halogens is 2. The van der Waals surface area contributed by atoms with Gasteiger partial charge in [0.1, 0.15) is 0 Å². The second-order valence-corrected chi connectivity index (χ2v) is 9.39. The highest BCUT2D eigenvalue weighted by atomic mass is 79.9. The van der Waals surface area contributed by atoms with E-state index in [0.717, 1.165) is 4.47 Å². The highest BCUT2D eigenvalue weighted by molar-refractivity contribution is 9.10. The Labute approximate surface area is 166 Å². The number of rotatable bonds is 4. The molecule has 1 amide bonds. The number of amides is 1. The van der Waals surface area contributed by atoms with Crippen LogP contribution in [0.25, 0.3) is 0 Å². The smallest absolute Gasteiger partial charge is 0.243 e. The Morgan fingerprint density at radius 1 is 1.19 bits per heavy atom. The fourth-order valence-corrected chi connectivity index (χ4v) is 5.21. The van der Waals surface area contributed by atoms with Gasteiger partial charge in [0, 0.05) is 17.6 Å². The number of hydrogen-bond donors (Lipinski definition) is 1. The molecule has 1 aliphatic heterocycles. The van der Waals surface area contributed by atoms with Crippen LogP contribution >= 0.6 is 27.5 Å². The molecule has 3 rings (SSSR count). The van der Waals surface area contributed by atoms with E-state index in [1.165, 1.54) is 4.31 Å². The van der Waals surface area contributed by atoms with E-state index in [4.69, 9.17) is 11.6 Å². The number of carbonyl (C=O) groups is 1. The van der Waals surface area contributed by atoms with Crippen molar-refractivity contribution in [2.45, 2.75) is 17.7 Å². The van der Waals surface area contributed by atoms with E-state index < -0.39 is 15.9 Å². The van der Waals surface area contributed by atoms with Gasteiger partial charge in [0.15, 0.2) is 0 Å². The Morgan fingerprint density at radius 3 is 2.62 bits per heavy atom. The van der Waals surface area contributed by atoms with Gasteiger partial charge in [-0.1, -0.05) is 45.7 Å². The van der Waals surface area contributed by atoms with Crippen molar-refractivity contribution >= 4 is 49.1 Å². The molecule has 5 nitrogen and oxygen atoms in total. The summed E-state index contributed by atoms with van der Waals surface area (Å²) in [5, 5.41) is 3.23. The average Bonchev–Trinajstić information content (AvgIpc) is 2.65. The maximum absolute atomic E-state index is 12.8. The molecule has 1 aliphatic rings. The quantitative estimate of drug-likeness (QED) is 0.750. The molecule has 0 radical (unpaired) electrons. The third-order valence-electron chi connectivity index (χ3n) is 4.32. The largest absolute Gasteiger partial charge is 0.324 e. The minimum Gasteiger partial charge on any atom is -0.324 e. The van der Waals surface area contributed by atoms with Crippen LogP contribution in [-0.4, -0.2) is 31.7 Å². The molecule has 26 heavy (non-hydrogen) atoms. The number of sulfonamides is 1. The number of benzene rings is 2. The Morgan fingerprint density at radius 2 is 1.92 bits per heavy atom. The summed E-state index contributed by atoms with van der Waals surface area (Å²) in [6, 6.07) is 13.5. The predicted molar refractivity (Wildman–Crippen MR) is 106 cm³/mol. The molecule has 1 atom stereocenters. The zero-order valence-electron chi connectivity index (χ0n) is 13.9. The summed E-state index contributed by atoms with van der Waals surface area (Å²) in [7, 11) is -3.59. The minimum atomic E-state index is -3.59. The fourth-order valence-electron chi connectivity index (χ4n) is 2.94. The number of anilines is 1. The summed E-state index contributed by atoms with van der Waals surface area (Å²) in [5.74, 6) is -0.635. The zero-order chi connectivity index (χ0) is 18.7. The molecule has 1 saturated heterocycles. The average molecular weight is 458 g/mol. The molecule has 0 saturated carbocycles. The maximum atomic E-state index is 12.8. The summed E-state index contributed by atoms with van der Waals surface area (Å²) in [5.41, 5.74) is 0.517. The Kier molecular flexibility index (Phi) is 6.02. The summed E-state index contributed by atoms with van der Waals surface area (Å²) in [4.78, 5) is 12.9. The van der Waals surface area contributed by atoms with Gasteiger partial charge in [-0.25, -0.2) is 8.42 Å². The summed E-state index contributed by atoms with van der Waals surface area (Å²) in [6.45, 7) is 0.581. The van der Waals surface area contributed by atoms with Gasteiger partial charge >= 0.3 is 0 Å². The lowest BCUT2D eigenvalue weighted by Crippen LogP contribution is -2.43. The topological polar surface area (TPSA) is 66.5 Å². The minimum absolute atomic E-state index is 0.164. The van der Waals surface area contributed by atoms with E-state index in [1.807, 2.05) is 0 Å². The fraction of sp³-hybridized carbons (Fsp3) is 0.278. The Balaban J connectivity index is 1.73. The van der Waals surface area contributed by atoms with Crippen LogP contribution in [-0.2, 0) is 14.8 Å². The van der Waals surface area contributed by atoms with Gasteiger partial charge in [0.25, 0.3) is 0 Å². The number of piperidine rings is 1. The highest BCUT2D eigenvalue weighted by Crippen LogP contribution is 2.28. The molecule has 1 N–H and O–H groups in total. The van der Waals surface area contributed by atoms with Crippen molar-refractivity contribution in [2.75, 3.05) is 18.4 Å². The molecule has 2 aromatic rings.